The molecule has 0 fully saturated rings. The van der Waals surface area contributed by atoms with E-state index in [1.165, 1.54) is 0 Å². The number of rotatable bonds is 7. The molecule has 36 heavy (non-hydrogen) atoms. The summed E-state index contributed by atoms with van der Waals surface area (Å²) < 4.78 is 0. The van der Waals surface area contributed by atoms with Crippen molar-refractivity contribution in [2.45, 2.75) is 10.8 Å². The number of nitriles is 2. The van der Waals surface area contributed by atoms with Crippen LogP contribution in [0.5, 0.6) is 0 Å². The summed E-state index contributed by atoms with van der Waals surface area (Å²) >= 11 is 0. The van der Waals surface area contributed by atoms with Crippen LogP contribution in [-0.2, 0) is 20.4 Å². The third-order valence-corrected chi connectivity index (χ3v) is 6.62. The standard InChI is InChI=1S/C30H22N4O2/c31-19-21-11-7-9-17-25(21)29(27(33)35,23-13-3-1-4-14-23)30(28(34)36,24-15-5-2-6-16-24)26-18-10-8-12-22(26)20-32/h1-18H,(H2,33,35)(H2,34,36). The van der Waals surface area contributed by atoms with Crippen LogP contribution in [0.15, 0.2) is 109 Å². The predicted octanol–water partition coefficient (Wildman–Crippen LogP) is 3.67. The van der Waals surface area contributed by atoms with Crippen LogP contribution in [-0.4, -0.2) is 11.8 Å². The molecule has 0 aliphatic carbocycles. The molecule has 4 aromatic carbocycles. The highest BCUT2D eigenvalue weighted by molar-refractivity contribution is 6.06. The second-order valence-electron chi connectivity index (χ2n) is 8.28. The lowest BCUT2D eigenvalue weighted by atomic mass is 9.49. The van der Waals surface area contributed by atoms with Gasteiger partial charge in [0.15, 0.2) is 0 Å². The molecule has 2 amide bonds. The Kier molecular flexibility index (Phi) is 6.37. The van der Waals surface area contributed by atoms with E-state index in [9.17, 15) is 20.1 Å². The molecule has 0 saturated carbocycles. The maximum absolute atomic E-state index is 14.0. The van der Waals surface area contributed by atoms with Gasteiger partial charge in [-0.25, -0.2) is 0 Å². The van der Waals surface area contributed by atoms with Crippen molar-refractivity contribution in [2.24, 2.45) is 11.5 Å². The van der Waals surface area contributed by atoms with E-state index in [0.29, 0.717) is 11.1 Å². The Labute approximate surface area is 209 Å². The maximum atomic E-state index is 14.0. The summed E-state index contributed by atoms with van der Waals surface area (Å²) in [5, 5.41) is 20.2. The van der Waals surface area contributed by atoms with Crippen molar-refractivity contribution >= 4 is 11.8 Å². The first kappa shape index (κ1) is 23.9. The van der Waals surface area contributed by atoms with Crippen LogP contribution in [0.1, 0.15) is 33.4 Å². The monoisotopic (exact) mass is 470 g/mol. The maximum Gasteiger partial charge on any atom is 0.234 e. The fraction of sp³-hybridized carbons (Fsp3) is 0.0667. The minimum atomic E-state index is -2.00. The van der Waals surface area contributed by atoms with Crippen molar-refractivity contribution in [3.05, 3.63) is 143 Å². The van der Waals surface area contributed by atoms with Crippen LogP contribution in [0.2, 0.25) is 0 Å². The zero-order valence-electron chi connectivity index (χ0n) is 19.3. The van der Waals surface area contributed by atoms with E-state index in [1.54, 1.807) is 109 Å². The second-order valence-corrected chi connectivity index (χ2v) is 8.28. The molecule has 0 heterocycles. The fourth-order valence-electron chi connectivity index (χ4n) is 5.26. The average Bonchev–Trinajstić information content (AvgIpc) is 2.92. The van der Waals surface area contributed by atoms with Crippen LogP contribution in [0.3, 0.4) is 0 Å². The van der Waals surface area contributed by atoms with Crippen LogP contribution in [0.4, 0.5) is 0 Å². The summed E-state index contributed by atoms with van der Waals surface area (Å²) in [6.07, 6.45) is 0. The predicted molar refractivity (Wildman–Crippen MR) is 135 cm³/mol. The minimum absolute atomic E-state index is 0.149. The molecule has 4 N–H and O–H groups in total. The van der Waals surface area contributed by atoms with E-state index in [1.807, 2.05) is 0 Å². The molecule has 0 aliphatic rings. The lowest BCUT2D eigenvalue weighted by molar-refractivity contribution is -0.132. The molecule has 0 aromatic heterocycles. The molecule has 0 saturated heterocycles. The molecule has 0 aliphatic heterocycles. The van der Waals surface area contributed by atoms with Crippen molar-refractivity contribution < 1.29 is 9.59 Å². The van der Waals surface area contributed by atoms with Crippen molar-refractivity contribution in [3.63, 3.8) is 0 Å². The zero-order valence-corrected chi connectivity index (χ0v) is 19.3. The highest BCUT2D eigenvalue weighted by Crippen LogP contribution is 2.54. The quantitative estimate of drug-likeness (QED) is 0.426. The fourth-order valence-corrected chi connectivity index (χ4v) is 5.26. The Hall–Kier alpha value is -5.20. The Morgan fingerprint density at radius 1 is 0.528 bits per heavy atom. The molecule has 174 valence electrons. The number of hydrogen-bond donors (Lipinski definition) is 2. The number of nitrogens with two attached hydrogens (primary N) is 2. The van der Waals surface area contributed by atoms with Crippen molar-refractivity contribution in [1.29, 1.82) is 10.5 Å². The molecular formula is C30H22N4O2. The normalized spacial score (nSPS) is 13.8. The van der Waals surface area contributed by atoms with Gasteiger partial charge >= 0.3 is 0 Å². The zero-order chi connectivity index (χ0) is 25.8. The SMILES string of the molecule is N#Cc1ccccc1C(C(N)=O)(c1ccccc1)C(C(N)=O)(c1ccccc1)c1ccccc1C#N. The van der Waals surface area contributed by atoms with E-state index >= 15 is 0 Å². The largest absolute Gasteiger partial charge is 0.369 e. The van der Waals surface area contributed by atoms with Gasteiger partial charge in [-0.05, 0) is 34.4 Å². The number of benzene rings is 4. The Balaban J connectivity index is 2.40. The Morgan fingerprint density at radius 3 is 1.14 bits per heavy atom. The highest BCUT2D eigenvalue weighted by atomic mass is 16.2. The number of carbonyl (C=O) groups is 2. The number of primary amides is 2. The van der Waals surface area contributed by atoms with Gasteiger partial charge in [0.1, 0.15) is 10.8 Å². The number of carbonyl (C=O) groups excluding carboxylic acids is 2. The van der Waals surface area contributed by atoms with Crippen LogP contribution in [0.25, 0.3) is 0 Å². The molecule has 6 nitrogen and oxygen atoms in total. The Morgan fingerprint density at radius 2 is 0.833 bits per heavy atom. The Bertz CT molecular complexity index is 1400. The van der Waals surface area contributed by atoms with Crippen LogP contribution in [0, 0.1) is 22.7 Å². The molecular weight excluding hydrogens is 448 g/mol. The van der Waals surface area contributed by atoms with Crippen molar-refractivity contribution in [2.75, 3.05) is 0 Å². The average molecular weight is 471 g/mol. The first-order valence-corrected chi connectivity index (χ1v) is 11.2. The van der Waals surface area contributed by atoms with Gasteiger partial charge in [0, 0.05) is 0 Å². The van der Waals surface area contributed by atoms with Gasteiger partial charge in [-0.1, -0.05) is 97.1 Å². The lowest BCUT2D eigenvalue weighted by Crippen LogP contribution is -2.64. The third kappa shape index (κ3) is 3.33. The first-order chi connectivity index (χ1) is 17.5. The summed E-state index contributed by atoms with van der Waals surface area (Å²) in [6, 6.07) is 34.4. The molecule has 0 spiro atoms. The van der Waals surface area contributed by atoms with Crippen molar-refractivity contribution in [3.8, 4) is 12.1 Å². The van der Waals surface area contributed by atoms with E-state index in [2.05, 4.69) is 12.1 Å². The van der Waals surface area contributed by atoms with Gasteiger partial charge in [-0.2, -0.15) is 10.5 Å². The first-order valence-electron chi connectivity index (χ1n) is 11.2. The number of nitrogens with zero attached hydrogens (tertiary/aromatic N) is 2. The van der Waals surface area contributed by atoms with Gasteiger partial charge in [-0.3, -0.25) is 9.59 Å². The number of amides is 2. The number of hydrogen-bond acceptors (Lipinski definition) is 4. The summed E-state index contributed by atoms with van der Waals surface area (Å²) in [7, 11) is 0. The van der Waals surface area contributed by atoms with E-state index in [0.717, 1.165) is 0 Å². The van der Waals surface area contributed by atoms with Crippen LogP contribution >= 0.6 is 0 Å². The summed E-state index contributed by atoms with van der Waals surface area (Å²) in [6.45, 7) is 0. The highest BCUT2D eigenvalue weighted by Gasteiger charge is 2.64. The van der Waals surface area contributed by atoms with Gasteiger partial charge in [0.05, 0.1) is 23.3 Å². The molecule has 0 bridgehead atoms. The smallest absolute Gasteiger partial charge is 0.234 e. The second kappa shape index (κ2) is 9.58. The van der Waals surface area contributed by atoms with Gasteiger partial charge in [-0.15, -0.1) is 0 Å². The summed E-state index contributed by atoms with van der Waals surface area (Å²) in [4.78, 5) is 28.0. The summed E-state index contributed by atoms with van der Waals surface area (Å²) in [5.41, 5.74) is 10.1. The minimum Gasteiger partial charge on any atom is -0.369 e. The summed E-state index contributed by atoms with van der Waals surface area (Å²) in [5.74, 6) is -1.79. The van der Waals surface area contributed by atoms with Gasteiger partial charge in [0.25, 0.3) is 0 Å². The molecule has 0 radical (unpaired) electrons. The molecule has 4 aromatic rings. The topological polar surface area (TPSA) is 134 Å². The van der Waals surface area contributed by atoms with Gasteiger partial charge < -0.3 is 11.5 Å². The molecule has 4 rings (SSSR count). The van der Waals surface area contributed by atoms with E-state index in [4.69, 9.17) is 11.5 Å². The molecule has 6 heteroatoms. The molecule has 2 atom stereocenters. The van der Waals surface area contributed by atoms with E-state index < -0.39 is 22.6 Å². The third-order valence-electron chi connectivity index (χ3n) is 6.62. The van der Waals surface area contributed by atoms with Crippen LogP contribution < -0.4 is 11.5 Å². The van der Waals surface area contributed by atoms with E-state index in [-0.39, 0.29) is 22.3 Å². The molecule has 2 unspecified atom stereocenters. The van der Waals surface area contributed by atoms with Crippen molar-refractivity contribution in [1.82, 2.24) is 0 Å². The lowest BCUT2D eigenvalue weighted by Gasteiger charge is -2.48. The van der Waals surface area contributed by atoms with Gasteiger partial charge in [0.2, 0.25) is 11.8 Å².